The van der Waals surface area contributed by atoms with Crippen molar-refractivity contribution in [3.05, 3.63) is 54.4 Å². The number of benzene rings is 1. The van der Waals surface area contributed by atoms with Crippen LogP contribution in [0.4, 0.5) is 5.69 Å². The van der Waals surface area contributed by atoms with Gasteiger partial charge in [-0.05, 0) is 42.8 Å². The second-order valence-corrected chi connectivity index (χ2v) is 4.41. The van der Waals surface area contributed by atoms with Gasteiger partial charge in [0.1, 0.15) is 0 Å². The minimum atomic E-state index is -0.221. The molecule has 0 aliphatic carbocycles. The number of carbonyl (C=O) groups is 1. The summed E-state index contributed by atoms with van der Waals surface area (Å²) in [7, 11) is 1.59. The van der Waals surface area contributed by atoms with Crippen molar-refractivity contribution in [3.63, 3.8) is 0 Å². The van der Waals surface area contributed by atoms with E-state index in [1.54, 1.807) is 37.7 Å². The van der Waals surface area contributed by atoms with Gasteiger partial charge in [-0.3, -0.25) is 9.78 Å². The van der Waals surface area contributed by atoms with Gasteiger partial charge in [0.25, 0.3) is 0 Å². The zero-order valence-corrected chi connectivity index (χ0v) is 12.6. The van der Waals surface area contributed by atoms with Crippen molar-refractivity contribution in [2.24, 2.45) is 0 Å². The molecule has 0 spiro atoms. The van der Waals surface area contributed by atoms with E-state index in [2.05, 4.69) is 10.3 Å². The Morgan fingerprint density at radius 3 is 2.86 bits per heavy atom. The monoisotopic (exact) mass is 298 g/mol. The van der Waals surface area contributed by atoms with Crippen molar-refractivity contribution < 1.29 is 14.3 Å². The van der Waals surface area contributed by atoms with E-state index in [1.165, 1.54) is 6.08 Å². The average molecular weight is 298 g/mol. The van der Waals surface area contributed by atoms with E-state index in [0.717, 1.165) is 5.56 Å². The van der Waals surface area contributed by atoms with Crippen LogP contribution in [0.1, 0.15) is 12.5 Å². The molecule has 0 atom stereocenters. The van der Waals surface area contributed by atoms with Crippen LogP contribution in [0.15, 0.2) is 48.8 Å². The molecule has 0 saturated carbocycles. The minimum absolute atomic E-state index is 0.221. The van der Waals surface area contributed by atoms with Gasteiger partial charge in [0.2, 0.25) is 5.91 Å². The van der Waals surface area contributed by atoms with Crippen molar-refractivity contribution >= 4 is 17.7 Å². The summed E-state index contributed by atoms with van der Waals surface area (Å²) in [5.74, 6) is 1.10. The highest BCUT2D eigenvalue weighted by molar-refractivity contribution is 6.01. The fourth-order valence-corrected chi connectivity index (χ4v) is 1.86. The van der Waals surface area contributed by atoms with Gasteiger partial charge in [-0.2, -0.15) is 0 Å². The summed E-state index contributed by atoms with van der Waals surface area (Å²) < 4.78 is 10.7. The molecule has 0 aliphatic rings. The van der Waals surface area contributed by atoms with Gasteiger partial charge in [0.15, 0.2) is 11.5 Å². The van der Waals surface area contributed by atoms with Crippen molar-refractivity contribution in [1.82, 2.24) is 4.98 Å². The van der Waals surface area contributed by atoms with Gasteiger partial charge < -0.3 is 14.8 Å². The maximum absolute atomic E-state index is 11.8. The number of amides is 1. The largest absolute Gasteiger partial charge is 0.493 e. The van der Waals surface area contributed by atoms with E-state index >= 15 is 0 Å². The van der Waals surface area contributed by atoms with Crippen LogP contribution < -0.4 is 14.8 Å². The Kier molecular flexibility index (Phi) is 5.54. The highest BCUT2D eigenvalue weighted by atomic mass is 16.5. The molecule has 22 heavy (non-hydrogen) atoms. The van der Waals surface area contributed by atoms with Gasteiger partial charge >= 0.3 is 0 Å². The lowest BCUT2D eigenvalue weighted by molar-refractivity contribution is -0.111. The SMILES string of the molecule is CCOc1cc(/C=C/C(=O)Nc2cccnc2)ccc1OC. The lowest BCUT2D eigenvalue weighted by Gasteiger charge is -2.09. The molecule has 5 nitrogen and oxygen atoms in total. The van der Waals surface area contributed by atoms with Gasteiger partial charge in [-0.15, -0.1) is 0 Å². The number of pyridine rings is 1. The first-order valence-corrected chi connectivity index (χ1v) is 6.93. The number of aromatic nitrogens is 1. The standard InChI is InChI=1S/C17H18N2O3/c1-3-22-16-11-13(6-8-15(16)21-2)7-9-17(20)19-14-5-4-10-18-12-14/h4-12H,3H2,1-2H3,(H,19,20)/b9-7+. The Morgan fingerprint density at radius 1 is 1.32 bits per heavy atom. The molecule has 1 amide bonds. The maximum atomic E-state index is 11.8. The summed E-state index contributed by atoms with van der Waals surface area (Å²) in [5.41, 5.74) is 1.51. The molecule has 2 aromatic rings. The Balaban J connectivity index is 2.06. The van der Waals surface area contributed by atoms with Crippen molar-refractivity contribution in [3.8, 4) is 11.5 Å². The zero-order valence-electron chi connectivity index (χ0n) is 12.6. The number of carbonyl (C=O) groups excluding carboxylic acids is 1. The molecule has 1 aromatic carbocycles. The van der Waals surface area contributed by atoms with E-state index in [4.69, 9.17) is 9.47 Å². The molecule has 5 heteroatoms. The molecule has 1 aromatic heterocycles. The quantitative estimate of drug-likeness (QED) is 0.832. The fraction of sp³-hybridized carbons (Fsp3) is 0.176. The predicted molar refractivity (Wildman–Crippen MR) is 86.1 cm³/mol. The topological polar surface area (TPSA) is 60.5 Å². The number of nitrogens with zero attached hydrogens (tertiary/aromatic N) is 1. The highest BCUT2D eigenvalue weighted by Crippen LogP contribution is 2.28. The molecule has 0 aliphatic heterocycles. The Morgan fingerprint density at radius 2 is 2.18 bits per heavy atom. The molecule has 0 saturated heterocycles. The molecule has 114 valence electrons. The summed E-state index contributed by atoms with van der Waals surface area (Å²) in [5, 5.41) is 2.73. The zero-order chi connectivity index (χ0) is 15.8. The molecule has 0 unspecified atom stereocenters. The average Bonchev–Trinajstić information content (AvgIpc) is 2.54. The van der Waals surface area contributed by atoms with E-state index in [-0.39, 0.29) is 5.91 Å². The van der Waals surface area contributed by atoms with Crippen LogP contribution >= 0.6 is 0 Å². The Bertz CT molecular complexity index is 654. The van der Waals surface area contributed by atoms with Crippen LogP contribution in [-0.4, -0.2) is 24.6 Å². The van der Waals surface area contributed by atoms with Crippen molar-refractivity contribution in [2.45, 2.75) is 6.92 Å². The lowest BCUT2D eigenvalue weighted by atomic mass is 10.2. The third-order valence-corrected chi connectivity index (χ3v) is 2.84. The van der Waals surface area contributed by atoms with Crippen LogP contribution in [0.25, 0.3) is 6.08 Å². The second kappa shape index (κ2) is 7.83. The molecular formula is C17H18N2O3. The van der Waals surface area contributed by atoms with Gasteiger partial charge in [0, 0.05) is 12.3 Å². The fourth-order valence-electron chi connectivity index (χ4n) is 1.86. The smallest absolute Gasteiger partial charge is 0.248 e. The minimum Gasteiger partial charge on any atom is -0.493 e. The number of ether oxygens (including phenoxy) is 2. The highest BCUT2D eigenvalue weighted by Gasteiger charge is 2.04. The molecule has 2 rings (SSSR count). The first kappa shape index (κ1) is 15.6. The summed E-state index contributed by atoms with van der Waals surface area (Å²) in [6.45, 7) is 2.45. The second-order valence-electron chi connectivity index (χ2n) is 4.41. The van der Waals surface area contributed by atoms with Crippen molar-refractivity contribution in [2.75, 3.05) is 19.0 Å². The molecule has 0 radical (unpaired) electrons. The van der Waals surface area contributed by atoms with Gasteiger partial charge in [0.05, 0.1) is 25.6 Å². The third kappa shape index (κ3) is 4.34. The van der Waals surface area contributed by atoms with Crippen LogP contribution in [0.5, 0.6) is 11.5 Å². The van der Waals surface area contributed by atoms with Crippen LogP contribution in [0.2, 0.25) is 0 Å². The Labute approximate surface area is 129 Å². The maximum Gasteiger partial charge on any atom is 0.248 e. The first-order valence-electron chi connectivity index (χ1n) is 6.93. The van der Waals surface area contributed by atoms with Gasteiger partial charge in [-0.25, -0.2) is 0 Å². The van der Waals surface area contributed by atoms with Crippen LogP contribution in [0.3, 0.4) is 0 Å². The van der Waals surface area contributed by atoms with Crippen LogP contribution in [-0.2, 0) is 4.79 Å². The van der Waals surface area contributed by atoms with E-state index < -0.39 is 0 Å². The third-order valence-electron chi connectivity index (χ3n) is 2.84. The molecule has 0 bridgehead atoms. The number of hydrogen-bond acceptors (Lipinski definition) is 4. The van der Waals surface area contributed by atoms with Crippen molar-refractivity contribution in [1.29, 1.82) is 0 Å². The molecule has 0 fully saturated rings. The summed E-state index contributed by atoms with van der Waals surface area (Å²) in [6.07, 6.45) is 6.42. The molecule has 1 N–H and O–H groups in total. The summed E-state index contributed by atoms with van der Waals surface area (Å²) >= 11 is 0. The molecule has 1 heterocycles. The summed E-state index contributed by atoms with van der Waals surface area (Å²) in [4.78, 5) is 15.8. The number of nitrogens with one attached hydrogen (secondary N) is 1. The van der Waals surface area contributed by atoms with E-state index in [9.17, 15) is 4.79 Å². The first-order chi connectivity index (χ1) is 10.7. The van der Waals surface area contributed by atoms with Gasteiger partial charge in [-0.1, -0.05) is 6.07 Å². The molecular weight excluding hydrogens is 280 g/mol. The number of anilines is 1. The number of rotatable bonds is 6. The number of methoxy groups -OCH3 is 1. The lowest BCUT2D eigenvalue weighted by Crippen LogP contribution is -2.07. The predicted octanol–water partition coefficient (Wildman–Crippen LogP) is 3.14. The number of hydrogen-bond donors (Lipinski definition) is 1. The van der Waals surface area contributed by atoms with E-state index in [1.807, 2.05) is 25.1 Å². The van der Waals surface area contributed by atoms with Crippen LogP contribution in [0, 0.1) is 0 Å². The summed E-state index contributed by atoms with van der Waals surface area (Å²) in [6, 6.07) is 9.03. The Hall–Kier alpha value is -2.82. The van der Waals surface area contributed by atoms with E-state index in [0.29, 0.717) is 23.8 Å². The normalized spacial score (nSPS) is 10.5.